The Morgan fingerprint density at radius 1 is 1.11 bits per heavy atom. The van der Waals surface area contributed by atoms with Crippen molar-refractivity contribution in [3.8, 4) is 11.1 Å². The first-order valence-electron chi connectivity index (χ1n) is 5.13. The Kier molecular flexibility index (Phi) is 3.39. The smallest absolute Gasteiger partial charge is 0.270 e. The van der Waals surface area contributed by atoms with Gasteiger partial charge in [-0.05, 0) is 28.8 Å². The van der Waals surface area contributed by atoms with Gasteiger partial charge in [-0.25, -0.2) is 0 Å². The van der Waals surface area contributed by atoms with Gasteiger partial charge in [-0.3, -0.25) is 14.9 Å². The van der Waals surface area contributed by atoms with Crippen LogP contribution >= 0.6 is 11.6 Å². The van der Waals surface area contributed by atoms with Crippen molar-refractivity contribution >= 4 is 22.5 Å². The van der Waals surface area contributed by atoms with Crippen LogP contribution in [0.3, 0.4) is 0 Å². The van der Waals surface area contributed by atoms with E-state index in [4.69, 9.17) is 11.6 Å². The summed E-state index contributed by atoms with van der Waals surface area (Å²) in [7, 11) is 0. The van der Waals surface area contributed by atoms with Crippen molar-refractivity contribution in [1.29, 1.82) is 0 Å². The number of nitro benzene ring substituents is 1. The molecule has 0 amide bonds. The third-order valence-electron chi connectivity index (χ3n) is 2.51. The van der Waals surface area contributed by atoms with Crippen molar-refractivity contribution in [1.82, 2.24) is 0 Å². The number of halogens is 1. The third kappa shape index (κ3) is 2.38. The highest BCUT2D eigenvalue weighted by Gasteiger charge is 2.15. The number of nitrogens with zero attached hydrogens (tertiary/aromatic N) is 1. The molecule has 0 heterocycles. The normalized spacial score (nSPS) is 10.1. The van der Waals surface area contributed by atoms with Crippen LogP contribution in [0.15, 0.2) is 48.5 Å². The van der Waals surface area contributed by atoms with Gasteiger partial charge in [0.05, 0.1) is 4.92 Å². The van der Waals surface area contributed by atoms with E-state index >= 15 is 0 Å². The average Bonchev–Trinajstić information content (AvgIpc) is 2.39. The van der Waals surface area contributed by atoms with E-state index in [2.05, 4.69) is 0 Å². The molecule has 0 radical (unpaired) electrons. The summed E-state index contributed by atoms with van der Waals surface area (Å²) in [6.45, 7) is 0. The SMILES string of the molecule is O=C(Cl)c1cc([N+](=O)[O-])ccc1-c1ccccc1. The fourth-order valence-corrected chi connectivity index (χ4v) is 1.83. The predicted molar refractivity (Wildman–Crippen MR) is 68.7 cm³/mol. The lowest BCUT2D eigenvalue weighted by atomic mass is 10.00. The molecule has 0 spiro atoms. The second-order valence-corrected chi connectivity index (χ2v) is 3.97. The zero-order chi connectivity index (χ0) is 13.1. The summed E-state index contributed by atoms with van der Waals surface area (Å²) in [5.74, 6) is 0. The first-order valence-corrected chi connectivity index (χ1v) is 5.51. The minimum absolute atomic E-state index is 0.136. The van der Waals surface area contributed by atoms with Crippen molar-refractivity contribution in [2.75, 3.05) is 0 Å². The van der Waals surface area contributed by atoms with E-state index in [9.17, 15) is 14.9 Å². The molecule has 5 heteroatoms. The molecule has 0 aliphatic heterocycles. The lowest BCUT2D eigenvalue weighted by molar-refractivity contribution is -0.384. The van der Waals surface area contributed by atoms with Crippen LogP contribution in [0.25, 0.3) is 11.1 Å². The number of nitro groups is 1. The molecule has 0 aromatic heterocycles. The Balaban J connectivity index is 2.61. The number of non-ortho nitro benzene ring substituents is 1. The molecule has 0 fully saturated rings. The maximum atomic E-state index is 11.4. The van der Waals surface area contributed by atoms with Crippen LogP contribution < -0.4 is 0 Å². The summed E-state index contributed by atoms with van der Waals surface area (Å²) in [4.78, 5) is 21.5. The van der Waals surface area contributed by atoms with Crippen molar-refractivity contribution < 1.29 is 9.72 Å². The van der Waals surface area contributed by atoms with Gasteiger partial charge in [-0.15, -0.1) is 0 Å². The van der Waals surface area contributed by atoms with Crippen molar-refractivity contribution in [2.45, 2.75) is 0 Å². The lowest BCUT2D eigenvalue weighted by Gasteiger charge is -2.06. The maximum Gasteiger partial charge on any atom is 0.270 e. The van der Waals surface area contributed by atoms with E-state index in [0.717, 1.165) is 5.56 Å². The highest BCUT2D eigenvalue weighted by atomic mass is 35.5. The fourth-order valence-electron chi connectivity index (χ4n) is 1.68. The van der Waals surface area contributed by atoms with Gasteiger partial charge < -0.3 is 0 Å². The van der Waals surface area contributed by atoms with Crippen LogP contribution in [0, 0.1) is 10.1 Å². The van der Waals surface area contributed by atoms with Crippen LogP contribution in [0.4, 0.5) is 5.69 Å². The van der Waals surface area contributed by atoms with Crippen LogP contribution in [0.1, 0.15) is 10.4 Å². The second-order valence-electron chi connectivity index (χ2n) is 3.63. The van der Waals surface area contributed by atoms with Crippen molar-refractivity contribution in [2.24, 2.45) is 0 Å². The third-order valence-corrected chi connectivity index (χ3v) is 2.71. The number of hydrogen-bond acceptors (Lipinski definition) is 3. The highest BCUT2D eigenvalue weighted by Crippen LogP contribution is 2.28. The molecule has 0 saturated heterocycles. The summed E-state index contributed by atoms with van der Waals surface area (Å²) in [6, 6.07) is 13.2. The van der Waals surface area contributed by atoms with E-state index in [1.54, 1.807) is 0 Å². The monoisotopic (exact) mass is 261 g/mol. The quantitative estimate of drug-likeness (QED) is 0.481. The van der Waals surface area contributed by atoms with Crippen LogP contribution in [0.5, 0.6) is 0 Å². The summed E-state index contributed by atoms with van der Waals surface area (Å²) in [5, 5.41) is 9.96. The number of carbonyl (C=O) groups excluding carboxylic acids is 1. The predicted octanol–water partition coefficient (Wildman–Crippen LogP) is 3.64. The molecular formula is C13H8ClNO3. The molecule has 90 valence electrons. The second kappa shape index (κ2) is 4.98. The van der Waals surface area contributed by atoms with Gasteiger partial charge in [-0.1, -0.05) is 30.3 Å². The average molecular weight is 262 g/mol. The van der Waals surface area contributed by atoms with Gasteiger partial charge in [0, 0.05) is 17.7 Å². The molecule has 0 saturated carbocycles. The molecule has 2 aromatic carbocycles. The fraction of sp³-hybridized carbons (Fsp3) is 0. The molecule has 0 bridgehead atoms. The highest BCUT2D eigenvalue weighted by molar-refractivity contribution is 6.68. The number of carbonyl (C=O) groups is 1. The first-order chi connectivity index (χ1) is 8.59. The molecule has 0 unspecified atom stereocenters. The molecule has 4 nitrogen and oxygen atoms in total. The zero-order valence-corrected chi connectivity index (χ0v) is 9.92. The number of rotatable bonds is 3. The van der Waals surface area contributed by atoms with Gasteiger partial charge >= 0.3 is 0 Å². The minimum Gasteiger partial charge on any atom is -0.276 e. The minimum atomic E-state index is -0.711. The van der Waals surface area contributed by atoms with Gasteiger partial charge in [0.1, 0.15) is 0 Å². The Morgan fingerprint density at radius 3 is 2.33 bits per heavy atom. The molecular weight excluding hydrogens is 254 g/mol. The summed E-state index contributed by atoms with van der Waals surface area (Å²) in [6.07, 6.45) is 0. The van der Waals surface area contributed by atoms with E-state index in [1.165, 1.54) is 18.2 Å². The molecule has 2 aromatic rings. The van der Waals surface area contributed by atoms with Gasteiger partial charge in [-0.2, -0.15) is 0 Å². The van der Waals surface area contributed by atoms with Gasteiger partial charge in [0.25, 0.3) is 10.9 Å². The molecule has 0 N–H and O–H groups in total. The Bertz CT molecular complexity index is 611. The first kappa shape index (κ1) is 12.3. The molecule has 0 aliphatic rings. The standard InChI is InChI=1S/C13H8ClNO3/c14-13(16)12-8-10(15(17)18)6-7-11(12)9-4-2-1-3-5-9/h1-8H. The van der Waals surface area contributed by atoms with E-state index < -0.39 is 10.2 Å². The van der Waals surface area contributed by atoms with Gasteiger partial charge in [0.15, 0.2) is 0 Å². The van der Waals surface area contributed by atoms with Crippen LogP contribution in [-0.4, -0.2) is 10.2 Å². The van der Waals surface area contributed by atoms with E-state index in [-0.39, 0.29) is 11.3 Å². The Morgan fingerprint density at radius 2 is 1.78 bits per heavy atom. The number of benzene rings is 2. The van der Waals surface area contributed by atoms with Crippen LogP contribution in [0.2, 0.25) is 0 Å². The summed E-state index contributed by atoms with van der Waals surface area (Å²) in [5.41, 5.74) is 1.35. The van der Waals surface area contributed by atoms with Gasteiger partial charge in [0.2, 0.25) is 0 Å². The molecule has 0 aliphatic carbocycles. The maximum absolute atomic E-state index is 11.4. The van der Waals surface area contributed by atoms with Crippen molar-refractivity contribution in [3.63, 3.8) is 0 Å². The van der Waals surface area contributed by atoms with E-state index in [1.807, 2.05) is 30.3 Å². The summed E-state index contributed by atoms with van der Waals surface area (Å²) < 4.78 is 0. The topological polar surface area (TPSA) is 60.2 Å². The van der Waals surface area contributed by atoms with E-state index in [0.29, 0.717) is 5.56 Å². The van der Waals surface area contributed by atoms with Crippen LogP contribution in [-0.2, 0) is 0 Å². The molecule has 0 atom stereocenters. The molecule has 2 rings (SSSR count). The Labute approximate surface area is 108 Å². The zero-order valence-electron chi connectivity index (χ0n) is 9.17. The Hall–Kier alpha value is -2.20. The summed E-state index contributed by atoms with van der Waals surface area (Å²) >= 11 is 5.47. The van der Waals surface area contributed by atoms with Crippen molar-refractivity contribution in [3.05, 3.63) is 64.2 Å². The molecule has 18 heavy (non-hydrogen) atoms. The number of hydrogen-bond donors (Lipinski definition) is 0. The largest absolute Gasteiger partial charge is 0.276 e. The lowest BCUT2D eigenvalue weighted by Crippen LogP contribution is -1.97.